The molecule has 4 heteroatoms. The summed E-state index contributed by atoms with van der Waals surface area (Å²) >= 11 is 0. The quantitative estimate of drug-likeness (QED) is 0.668. The van der Waals surface area contributed by atoms with Gasteiger partial charge in [-0.1, -0.05) is 0 Å². The summed E-state index contributed by atoms with van der Waals surface area (Å²) in [6.07, 6.45) is 0. The van der Waals surface area contributed by atoms with Crippen LogP contribution in [0.15, 0.2) is 12.1 Å². The van der Waals surface area contributed by atoms with Crippen molar-refractivity contribution in [2.45, 2.75) is 0 Å². The molecule has 0 radical (unpaired) electrons. The fraction of sp³-hybridized carbons (Fsp3) is 0.200. The van der Waals surface area contributed by atoms with Gasteiger partial charge in [0.05, 0.1) is 32.4 Å². The third kappa shape index (κ3) is 1.60. The molecule has 0 heterocycles. The number of rotatable bonds is 2. The minimum atomic E-state index is 0.269. The smallest absolute Gasteiger partial charge is 0.208 e. The Hall–Kier alpha value is -2.20. The van der Waals surface area contributed by atoms with Crippen molar-refractivity contribution in [3.63, 3.8) is 0 Å². The molecule has 0 atom stereocenters. The molecule has 0 unspecified atom stereocenters. The summed E-state index contributed by atoms with van der Waals surface area (Å²) in [5.41, 5.74) is 0.558. The molecule has 0 fully saturated rings. The Morgan fingerprint density at radius 2 is 1.86 bits per heavy atom. The zero-order valence-electron chi connectivity index (χ0n) is 7.87. The van der Waals surface area contributed by atoms with Gasteiger partial charge in [-0.05, 0) is 12.1 Å². The number of nitrogens with zero attached hydrogens (tertiary/aromatic N) is 2. The van der Waals surface area contributed by atoms with Crippen LogP contribution in [0, 0.1) is 17.9 Å². The molecule has 4 nitrogen and oxygen atoms in total. The van der Waals surface area contributed by atoms with Gasteiger partial charge < -0.3 is 9.47 Å². The van der Waals surface area contributed by atoms with Gasteiger partial charge in [0.2, 0.25) is 5.69 Å². The normalized spacial score (nSPS) is 8.57. The first-order chi connectivity index (χ1) is 6.76. The van der Waals surface area contributed by atoms with Crippen LogP contribution in [0.1, 0.15) is 5.56 Å². The Labute approximate surface area is 82.1 Å². The summed E-state index contributed by atoms with van der Waals surface area (Å²) in [5.74, 6) is 0.911. The van der Waals surface area contributed by atoms with E-state index in [0.29, 0.717) is 11.5 Å². The largest absolute Gasteiger partial charge is 0.494 e. The predicted octanol–water partition coefficient (Wildman–Crippen LogP) is 2.13. The van der Waals surface area contributed by atoms with Crippen molar-refractivity contribution in [1.29, 1.82) is 5.26 Å². The molecule has 0 aliphatic rings. The van der Waals surface area contributed by atoms with Crippen LogP contribution in [-0.4, -0.2) is 14.2 Å². The van der Waals surface area contributed by atoms with Gasteiger partial charge in [-0.15, -0.1) is 0 Å². The van der Waals surface area contributed by atoms with Crippen LogP contribution < -0.4 is 9.47 Å². The highest BCUT2D eigenvalue weighted by atomic mass is 16.5. The summed E-state index contributed by atoms with van der Waals surface area (Å²) in [6, 6.07) is 4.91. The van der Waals surface area contributed by atoms with Gasteiger partial charge in [-0.2, -0.15) is 5.26 Å². The maximum absolute atomic E-state index is 8.74. The minimum Gasteiger partial charge on any atom is -0.494 e. The lowest BCUT2D eigenvalue weighted by molar-refractivity contribution is 0.355. The lowest BCUT2D eigenvalue weighted by Gasteiger charge is -2.08. The Balaban J connectivity index is 3.39. The second-order valence-corrected chi connectivity index (χ2v) is 2.45. The molecule has 14 heavy (non-hydrogen) atoms. The summed E-state index contributed by atoms with van der Waals surface area (Å²) in [6.45, 7) is 6.86. The summed E-state index contributed by atoms with van der Waals surface area (Å²) in [7, 11) is 2.97. The van der Waals surface area contributed by atoms with E-state index in [4.69, 9.17) is 21.3 Å². The Morgan fingerprint density at radius 3 is 2.29 bits per heavy atom. The second-order valence-electron chi connectivity index (χ2n) is 2.45. The third-order valence-electron chi connectivity index (χ3n) is 1.74. The van der Waals surface area contributed by atoms with E-state index in [9.17, 15) is 0 Å². The van der Waals surface area contributed by atoms with E-state index >= 15 is 0 Å². The zero-order chi connectivity index (χ0) is 10.6. The van der Waals surface area contributed by atoms with Crippen molar-refractivity contribution in [3.8, 4) is 17.6 Å². The van der Waals surface area contributed by atoms with Crippen molar-refractivity contribution in [1.82, 2.24) is 0 Å². The van der Waals surface area contributed by atoms with E-state index in [1.54, 1.807) is 0 Å². The highest BCUT2D eigenvalue weighted by molar-refractivity contribution is 5.65. The van der Waals surface area contributed by atoms with Gasteiger partial charge in [-0.3, -0.25) is 0 Å². The summed E-state index contributed by atoms with van der Waals surface area (Å²) in [5, 5.41) is 8.74. The van der Waals surface area contributed by atoms with Crippen LogP contribution in [-0.2, 0) is 0 Å². The molecule has 0 aliphatic carbocycles. The molecule has 0 saturated carbocycles. The van der Waals surface area contributed by atoms with Gasteiger partial charge in [0.15, 0.2) is 11.5 Å². The molecule has 0 amide bonds. The third-order valence-corrected chi connectivity index (χ3v) is 1.74. The average Bonchev–Trinajstić information content (AvgIpc) is 2.26. The van der Waals surface area contributed by atoms with Crippen LogP contribution in [0.3, 0.4) is 0 Å². The van der Waals surface area contributed by atoms with Crippen LogP contribution >= 0.6 is 0 Å². The first-order valence-corrected chi connectivity index (χ1v) is 3.80. The first-order valence-electron chi connectivity index (χ1n) is 3.80. The lowest BCUT2D eigenvalue weighted by atomic mass is 10.2. The number of nitriles is 1. The SMILES string of the molecule is [C-]#[N+]c1cc(OC)c(OC)cc1C#N. The van der Waals surface area contributed by atoms with Gasteiger partial charge in [0, 0.05) is 0 Å². The number of benzene rings is 1. The van der Waals surface area contributed by atoms with Crippen LogP contribution in [0.5, 0.6) is 11.5 Å². The lowest BCUT2D eigenvalue weighted by Crippen LogP contribution is -1.91. The number of methoxy groups -OCH3 is 2. The maximum atomic E-state index is 8.74. The van der Waals surface area contributed by atoms with Gasteiger partial charge >= 0.3 is 0 Å². The molecular weight excluding hydrogens is 180 g/mol. The molecule has 0 spiro atoms. The van der Waals surface area contributed by atoms with Crippen LogP contribution in [0.25, 0.3) is 4.85 Å². The Bertz CT molecular complexity index is 386. The number of hydrogen-bond acceptors (Lipinski definition) is 3. The molecule has 0 N–H and O–H groups in total. The topological polar surface area (TPSA) is 46.6 Å². The zero-order valence-corrected chi connectivity index (χ0v) is 7.87. The molecule has 1 aromatic carbocycles. The minimum absolute atomic E-state index is 0.269. The molecule has 0 aliphatic heterocycles. The van der Waals surface area contributed by atoms with Crippen molar-refractivity contribution in [3.05, 3.63) is 29.1 Å². The maximum Gasteiger partial charge on any atom is 0.208 e. The van der Waals surface area contributed by atoms with Gasteiger partial charge in [0.1, 0.15) is 0 Å². The Kier molecular flexibility index (Phi) is 2.93. The first kappa shape index (κ1) is 9.88. The van der Waals surface area contributed by atoms with E-state index in [2.05, 4.69) is 4.85 Å². The highest BCUT2D eigenvalue weighted by Crippen LogP contribution is 2.34. The molecule has 0 saturated heterocycles. The molecule has 0 bridgehead atoms. The van der Waals surface area contributed by atoms with Crippen LogP contribution in [0.2, 0.25) is 0 Å². The summed E-state index contributed by atoms with van der Waals surface area (Å²) in [4.78, 5) is 3.22. The molecule has 1 aromatic rings. The molecular formula is C10H8N2O2. The standard InChI is InChI=1S/C10H8N2O2/c1-12-8-5-10(14-3)9(13-2)4-7(8)6-11/h4-5H,2-3H3. The van der Waals surface area contributed by atoms with E-state index in [-0.39, 0.29) is 11.3 Å². The Morgan fingerprint density at radius 1 is 1.29 bits per heavy atom. The van der Waals surface area contributed by atoms with Crippen molar-refractivity contribution < 1.29 is 9.47 Å². The van der Waals surface area contributed by atoms with Crippen molar-refractivity contribution >= 4 is 5.69 Å². The monoisotopic (exact) mass is 188 g/mol. The van der Waals surface area contributed by atoms with Crippen molar-refractivity contribution in [2.75, 3.05) is 14.2 Å². The fourth-order valence-electron chi connectivity index (χ4n) is 1.05. The molecule has 0 aromatic heterocycles. The molecule has 1 rings (SSSR count). The van der Waals surface area contributed by atoms with E-state index in [0.717, 1.165) is 0 Å². The van der Waals surface area contributed by atoms with E-state index in [1.807, 2.05) is 6.07 Å². The summed E-state index contributed by atoms with van der Waals surface area (Å²) < 4.78 is 10.00. The number of hydrogen-bond donors (Lipinski definition) is 0. The highest BCUT2D eigenvalue weighted by Gasteiger charge is 2.10. The molecule has 70 valence electrons. The van der Waals surface area contributed by atoms with Gasteiger partial charge in [0.25, 0.3) is 0 Å². The predicted molar refractivity (Wildman–Crippen MR) is 50.5 cm³/mol. The average molecular weight is 188 g/mol. The van der Waals surface area contributed by atoms with Crippen molar-refractivity contribution in [2.24, 2.45) is 0 Å². The van der Waals surface area contributed by atoms with E-state index < -0.39 is 0 Å². The second kappa shape index (κ2) is 4.15. The van der Waals surface area contributed by atoms with Gasteiger partial charge in [-0.25, -0.2) is 4.85 Å². The van der Waals surface area contributed by atoms with E-state index in [1.165, 1.54) is 26.4 Å². The number of ether oxygens (including phenoxy) is 2. The fourth-order valence-corrected chi connectivity index (χ4v) is 1.05. The van der Waals surface area contributed by atoms with Crippen LogP contribution in [0.4, 0.5) is 5.69 Å².